The van der Waals surface area contributed by atoms with Crippen molar-refractivity contribution in [2.45, 2.75) is 12.5 Å². The van der Waals surface area contributed by atoms with Crippen LogP contribution in [0, 0.1) is 0 Å². The number of methoxy groups -OCH3 is 1. The Hall–Kier alpha value is -1.93. The Kier molecular flexibility index (Phi) is 8.42. The number of amides is 2. The Morgan fingerprint density at radius 3 is 2.50 bits per heavy atom. The molecule has 4 N–H and O–H groups in total. The fourth-order valence-electron chi connectivity index (χ4n) is 1.96. The Bertz CT molecular complexity index is 660. The molecule has 0 aliphatic rings. The summed E-state index contributed by atoms with van der Waals surface area (Å²) in [5.41, 5.74) is 6.72. The molecular weight excluding hydrogens is 350 g/mol. The van der Waals surface area contributed by atoms with Crippen molar-refractivity contribution >= 4 is 46.9 Å². The monoisotopic (exact) mass is 369 g/mol. The van der Waals surface area contributed by atoms with E-state index in [1.165, 1.54) is 18.4 Å². The second kappa shape index (κ2) is 10.0. The Labute approximate surface area is 150 Å². The normalized spacial score (nSPS) is 11.2. The molecule has 0 bridgehead atoms. The zero-order valence-corrected chi connectivity index (χ0v) is 14.8. The number of nitrogens with two attached hydrogens (primary N) is 1. The van der Waals surface area contributed by atoms with Crippen LogP contribution in [0.1, 0.15) is 16.1 Å². The molecule has 1 aromatic carbocycles. The highest BCUT2D eigenvalue weighted by Crippen LogP contribution is 2.18. The van der Waals surface area contributed by atoms with Gasteiger partial charge in [-0.2, -0.15) is 0 Å². The maximum atomic E-state index is 12.0. The average molecular weight is 370 g/mol. The van der Waals surface area contributed by atoms with E-state index < -0.39 is 0 Å². The van der Waals surface area contributed by atoms with Gasteiger partial charge in [-0.25, -0.2) is 0 Å². The van der Waals surface area contributed by atoms with Crippen molar-refractivity contribution in [3.63, 3.8) is 0 Å². The molecule has 0 saturated carbocycles. The quantitative estimate of drug-likeness (QED) is 0.699. The summed E-state index contributed by atoms with van der Waals surface area (Å²) in [6.07, 6.45) is -0.129. The van der Waals surface area contributed by atoms with Gasteiger partial charge in [0, 0.05) is 25.0 Å². The highest BCUT2D eigenvalue weighted by molar-refractivity contribution is 7.12. The largest absolute Gasteiger partial charge is 0.380 e. The van der Waals surface area contributed by atoms with Crippen molar-refractivity contribution in [3.05, 3.63) is 46.7 Å². The number of anilines is 2. The summed E-state index contributed by atoms with van der Waals surface area (Å²) in [4.78, 5) is 24.6. The number of thiophene rings is 1. The molecule has 0 fully saturated rings. The third kappa shape index (κ3) is 5.93. The lowest BCUT2D eigenvalue weighted by molar-refractivity contribution is -0.118. The zero-order valence-electron chi connectivity index (χ0n) is 13.2. The van der Waals surface area contributed by atoms with Crippen molar-refractivity contribution in [1.29, 1.82) is 0 Å². The molecule has 0 radical (unpaired) electrons. The lowest BCUT2D eigenvalue weighted by Gasteiger charge is -2.13. The van der Waals surface area contributed by atoms with Gasteiger partial charge in [0.1, 0.15) is 0 Å². The fraction of sp³-hybridized carbons (Fsp3) is 0.250. The lowest BCUT2D eigenvalue weighted by atomic mass is 10.2. The summed E-state index contributed by atoms with van der Waals surface area (Å²) >= 11 is 1.37. The second-order valence-electron chi connectivity index (χ2n) is 4.86. The maximum absolute atomic E-state index is 12.0. The van der Waals surface area contributed by atoms with E-state index in [4.69, 9.17) is 10.5 Å². The standard InChI is InChI=1S/C16H19N3O3S.ClH/c1-22-13(10-17)9-15(20)18-11-4-2-5-12(8-11)19-16(21)14-6-3-7-23-14;/h2-8,13H,9-10,17H2,1H3,(H,18,20)(H,19,21);1H. The summed E-state index contributed by atoms with van der Waals surface area (Å²) in [7, 11) is 1.52. The molecule has 1 unspecified atom stereocenters. The number of hydrogen-bond acceptors (Lipinski definition) is 5. The van der Waals surface area contributed by atoms with Crippen LogP contribution in [0.25, 0.3) is 0 Å². The Morgan fingerprint density at radius 1 is 1.21 bits per heavy atom. The van der Waals surface area contributed by atoms with Gasteiger partial charge in [-0.3, -0.25) is 9.59 Å². The lowest BCUT2D eigenvalue weighted by Crippen LogP contribution is -2.28. The van der Waals surface area contributed by atoms with Crippen LogP contribution in [0.2, 0.25) is 0 Å². The molecule has 24 heavy (non-hydrogen) atoms. The number of nitrogens with one attached hydrogen (secondary N) is 2. The zero-order chi connectivity index (χ0) is 16.7. The number of hydrogen-bond donors (Lipinski definition) is 3. The van der Waals surface area contributed by atoms with E-state index in [-0.39, 0.29) is 43.3 Å². The predicted octanol–water partition coefficient (Wildman–Crippen LogP) is 2.72. The number of halogens is 1. The van der Waals surface area contributed by atoms with Crippen LogP contribution >= 0.6 is 23.7 Å². The summed E-state index contributed by atoms with van der Waals surface area (Å²) in [6, 6.07) is 10.6. The van der Waals surface area contributed by atoms with Crippen LogP contribution < -0.4 is 16.4 Å². The van der Waals surface area contributed by atoms with Gasteiger partial charge in [-0.1, -0.05) is 12.1 Å². The topological polar surface area (TPSA) is 93.4 Å². The minimum absolute atomic E-state index is 0. The first-order valence-electron chi connectivity index (χ1n) is 7.10. The summed E-state index contributed by atoms with van der Waals surface area (Å²) < 4.78 is 5.08. The van der Waals surface area contributed by atoms with Gasteiger partial charge in [-0.05, 0) is 29.6 Å². The molecule has 130 valence electrons. The van der Waals surface area contributed by atoms with E-state index in [2.05, 4.69) is 10.6 Å². The molecule has 8 heteroatoms. The first-order valence-corrected chi connectivity index (χ1v) is 7.98. The van der Waals surface area contributed by atoms with E-state index >= 15 is 0 Å². The van der Waals surface area contributed by atoms with Crippen molar-refractivity contribution in [1.82, 2.24) is 0 Å². The number of rotatable bonds is 7. The van der Waals surface area contributed by atoms with Crippen LogP contribution in [0.5, 0.6) is 0 Å². The first-order chi connectivity index (χ1) is 11.1. The molecule has 1 atom stereocenters. The first kappa shape index (κ1) is 20.1. The van der Waals surface area contributed by atoms with Crippen LogP contribution in [0.3, 0.4) is 0 Å². The van der Waals surface area contributed by atoms with Crippen molar-refractivity contribution < 1.29 is 14.3 Å². The van der Waals surface area contributed by atoms with Crippen molar-refractivity contribution in [2.24, 2.45) is 5.73 Å². The highest BCUT2D eigenvalue weighted by Gasteiger charge is 2.12. The molecule has 2 rings (SSSR count). The fourth-order valence-corrected chi connectivity index (χ4v) is 2.58. The van der Waals surface area contributed by atoms with Gasteiger partial charge < -0.3 is 21.1 Å². The number of benzene rings is 1. The molecule has 1 heterocycles. The highest BCUT2D eigenvalue weighted by atomic mass is 35.5. The maximum Gasteiger partial charge on any atom is 0.265 e. The van der Waals surface area contributed by atoms with Gasteiger partial charge in [-0.15, -0.1) is 23.7 Å². The summed E-state index contributed by atoms with van der Waals surface area (Å²) in [5.74, 6) is -0.366. The molecule has 6 nitrogen and oxygen atoms in total. The van der Waals surface area contributed by atoms with Gasteiger partial charge in [0.15, 0.2) is 0 Å². The molecule has 0 spiro atoms. The second-order valence-corrected chi connectivity index (χ2v) is 5.81. The molecule has 1 aromatic heterocycles. The Balaban J connectivity index is 0.00000288. The minimum Gasteiger partial charge on any atom is -0.380 e. The summed E-state index contributed by atoms with van der Waals surface area (Å²) in [5, 5.41) is 7.41. The molecule has 0 aliphatic carbocycles. The molecule has 2 amide bonds. The van der Waals surface area contributed by atoms with Gasteiger partial charge in [0.25, 0.3) is 5.91 Å². The van der Waals surface area contributed by atoms with Crippen LogP contribution in [0.15, 0.2) is 41.8 Å². The number of ether oxygens (including phenoxy) is 1. The minimum atomic E-state index is -0.309. The molecule has 0 saturated heterocycles. The van der Waals surface area contributed by atoms with E-state index in [0.717, 1.165) is 0 Å². The average Bonchev–Trinajstić information content (AvgIpc) is 3.07. The van der Waals surface area contributed by atoms with Crippen molar-refractivity contribution in [2.75, 3.05) is 24.3 Å². The van der Waals surface area contributed by atoms with E-state index in [9.17, 15) is 9.59 Å². The molecule has 0 aliphatic heterocycles. The van der Waals surface area contributed by atoms with Gasteiger partial charge >= 0.3 is 0 Å². The van der Waals surface area contributed by atoms with Gasteiger partial charge in [0.2, 0.25) is 5.91 Å². The van der Waals surface area contributed by atoms with E-state index in [1.807, 2.05) is 11.4 Å². The van der Waals surface area contributed by atoms with Crippen LogP contribution in [0.4, 0.5) is 11.4 Å². The van der Waals surface area contributed by atoms with Crippen molar-refractivity contribution in [3.8, 4) is 0 Å². The predicted molar refractivity (Wildman–Crippen MR) is 99.1 cm³/mol. The Morgan fingerprint density at radius 2 is 1.92 bits per heavy atom. The molecular formula is C16H20ClN3O3S. The SMILES string of the molecule is COC(CN)CC(=O)Nc1cccc(NC(=O)c2cccs2)c1.Cl. The van der Waals surface area contributed by atoms with E-state index in [0.29, 0.717) is 16.3 Å². The number of carbonyl (C=O) groups is 2. The number of carbonyl (C=O) groups excluding carboxylic acids is 2. The van der Waals surface area contributed by atoms with Crippen LogP contribution in [-0.4, -0.2) is 31.6 Å². The third-order valence-electron chi connectivity index (χ3n) is 3.16. The third-order valence-corrected chi connectivity index (χ3v) is 4.03. The molecule has 2 aromatic rings. The smallest absolute Gasteiger partial charge is 0.265 e. The van der Waals surface area contributed by atoms with E-state index in [1.54, 1.807) is 30.3 Å². The van der Waals surface area contributed by atoms with Crippen LogP contribution in [-0.2, 0) is 9.53 Å². The van der Waals surface area contributed by atoms with Gasteiger partial charge in [0.05, 0.1) is 17.4 Å². The summed E-state index contributed by atoms with van der Waals surface area (Å²) in [6.45, 7) is 0.279.